The van der Waals surface area contributed by atoms with Gasteiger partial charge in [-0.25, -0.2) is 5.12 Å². The fourth-order valence-electron chi connectivity index (χ4n) is 2.83. The molecule has 0 aromatic heterocycles. The van der Waals surface area contributed by atoms with E-state index in [4.69, 9.17) is 23.4 Å². The number of hydrazine groups is 2. The molecular formula is C12H17IN8. The van der Waals surface area contributed by atoms with Gasteiger partial charge in [-0.3, -0.25) is 5.84 Å². The molecule has 1 heterocycles. The summed E-state index contributed by atoms with van der Waals surface area (Å²) in [5.41, 5.74) is 8.36. The summed E-state index contributed by atoms with van der Waals surface area (Å²) in [5.74, 6) is 27.2. The van der Waals surface area contributed by atoms with Gasteiger partial charge in [0.05, 0.1) is 5.57 Å². The highest BCUT2D eigenvalue weighted by atomic mass is 127. The van der Waals surface area contributed by atoms with Crippen LogP contribution in [0.15, 0.2) is 40.0 Å². The van der Waals surface area contributed by atoms with Gasteiger partial charge in [-0.2, -0.15) is 16.2 Å². The molecule has 3 atom stereocenters. The van der Waals surface area contributed by atoms with E-state index in [1.54, 1.807) is 0 Å². The molecule has 0 saturated carbocycles. The molecule has 3 unspecified atom stereocenters. The molecule has 1 aliphatic heterocycles. The quantitative estimate of drug-likeness (QED) is 0.157. The lowest BCUT2D eigenvalue weighted by Gasteiger charge is -2.43. The van der Waals surface area contributed by atoms with Crippen molar-refractivity contribution < 1.29 is 10.3 Å². The normalized spacial score (nSPS) is 26.1. The van der Waals surface area contributed by atoms with Crippen molar-refractivity contribution in [3.05, 3.63) is 62.8 Å². The largest absolute Gasteiger partial charge is 0.414 e. The van der Waals surface area contributed by atoms with Crippen LogP contribution in [0.2, 0.25) is 0 Å². The minimum atomic E-state index is -1.00. The van der Waals surface area contributed by atoms with E-state index in [1.807, 2.05) is 24.3 Å². The summed E-state index contributed by atoms with van der Waals surface area (Å²) in [5, 5.41) is -0.282. The minimum absolute atomic E-state index is 0.00606. The Morgan fingerprint density at radius 3 is 2.71 bits per heavy atom. The van der Waals surface area contributed by atoms with E-state index in [2.05, 4.69) is 25.1 Å². The number of quaternary nitrogens is 2. The summed E-state index contributed by atoms with van der Waals surface area (Å²) in [6, 6.07) is 7.83. The Bertz CT molecular complexity index is 652. The summed E-state index contributed by atoms with van der Waals surface area (Å²) in [6.07, 6.45) is 2.09. The molecular weight excluding hydrogens is 383 g/mol. The zero-order chi connectivity index (χ0) is 15.0. The maximum Gasteiger partial charge on any atom is 0.253 e. The van der Waals surface area contributed by atoms with Crippen LogP contribution in [0, 0.1) is 0 Å². The number of allylic oxidation sites excluding steroid dienone is 2. The minimum Gasteiger partial charge on any atom is -0.414 e. The molecule has 1 aromatic rings. The first-order chi connectivity index (χ1) is 10.1. The third-order valence-electron chi connectivity index (χ3n) is 3.69. The molecule has 0 bridgehead atoms. The monoisotopic (exact) mass is 400 g/mol. The van der Waals surface area contributed by atoms with Crippen LogP contribution in [-0.4, -0.2) is 4.01 Å². The second kappa shape index (κ2) is 5.64. The van der Waals surface area contributed by atoms with Crippen molar-refractivity contribution >= 4 is 30.3 Å². The van der Waals surface area contributed by atoms with Crippen LogP contribution in [0.3, 0.4) is 0 Å². The van der Waals surface area contributed by atoms with Crippen LogP contribution in [0.1, 0.15) is 11.1 Å². The Kier molecular flexibility index (Phi) is 4.00. The lowest BCUT2D eigenvalue weighted by Crippen LogP contribution is -3.60. The first-order valence-corrected chi connectivity index (χ1v) is 8.74. The predicted molar refractivity (Wildman–Crippen MR) is 89.5 cm³/mol. The summed E-state index contributed by atoms with van der Waals surface area (Å²) in [7, 11) is 0. The zero-order valence-corrected chi connectivity index (χ0v) is 13.2. The molecule has 3 rings (SSSR count). The van der Waals surface area contributed by atoms with Crippen LogP contribution in [-0.2, 0) is 5.66 Å². The van der Waals surface area contributed by atoms with Gasteiger partial charge in [0.25, 0.3) is 5.66 Å². The predicted octanol–water partition coefficient (Wildman–Crippen LogP) is -1.63. The van der Waals surface area contributed by atoms with E-state index in [0.29, 0.717) is 0 Å². The number of hydrogen-bond donors (Lipinski definition) is 6. The summed E-state index contributed by atoms with van der Waals surface area (Å²) in [4.78, 5) is 0. The Labute approximate surface area is 132 Å². The van der Waals surface area contributed by atoms with Gasteiger partial charge in [0.1, 0.15) is 0 Å². The number of nitrogens with one attached hydrogen (secondary N) is 6. The third-order valence-corrected chi connectivity index (χ3v) is 5.45. The molecule has 0 radical (unpaired) electrons. The highest BCUT2D eigenvalue weighted by Gasteiger charge is 2.52. The van der Waals surface area contributed by atoms with Crippen LogP contribution in [0.25, 0.3) is 17.3 Å². The van der Waals surface area contributed by atoms with Crippen LogP contribution >= 0.6 is 20.7 Å². The molecule has 21 heavy (non-hydrogen) atoms. The Balaban J connectivity index is 2.29. The molecule has 1 aliphatic carbocycles. The molecule has 0 amide bonds. The van der Waals surface area contributed by atoms with Crippen LogP contribution < -0.4 is 33.0 Å². The van der Waals surface area contributed by atoms with Crippen molar-refractivity contribution in [2.24, 2.45) is 11.7 Å². The Morgan fingerprint density at radius 2 is 2.00 bits per heavy atom. The number of fused-ring (bicyclic) bond motifs is 2. The molecule has 2 aliphatic rings. The van der Waals surface area contributed by atoms with Crippen molar-refractivity contribution in [2.75, 3.05) is 0 Å². The second-order valence-corrected chi connectivity index (χ2v) is 6.77. The van der Waals surface area contributed by atoms with E-state index in [-0.39, 0.29) is 31.1 Å². The molecule has 0 spiro atoms. The maximum absolute atomic E-state index is 8.37. The lowest BCUT2D eigenvalue weighted by atomic mass is 9.97. The maximum atomic E-state index is 8.37. The van der Waals surface area contributed by atoms with Gasteiger partial charge >= 0.3 is 0 Å². The average molecular weight is 400 g/mol. The molecule has 0 fully saturated rings. The van der Waals surface area contributed by atoms with Gasteiger partial charge in [-0.05, 0) is 25.3 Å². The molecule has 8 nitrogen and oxygen atoms in total. The van der Waals surface area contributed by atoms with Gasteiger partial charge < -0.3 is 11.7 Å². The van der Waals surface area contributed by atoms with E-state index in [9.17, 15) is 0 Å². The number of rotatable bonds is 4. The molecule has 9 heteroatoms. The van der Waals surface area contributed by atoms with Crippen molar-refractivity contribution in [3.8, 4) is 0 Å². The first-order valence-electron chi connectivity index (χ1n) is 6.25. The van der Waals surface area contributed by atoms with Crippen molar-refractivity contribution in [3.63, 3.8) is 0 Å². The first kappa shape index (κ1) is 14.9. The van der Waals surface area contributed by atoms with Crippen molar-refractivity contribution in [1.82, 2.24) is 11.0 Å². The highest BCUT2D eigenvalue weighted by molar-refractivity contribution is 14.2. The SMILES string of the molecule is [NH-][NH+](N)[NH+]([NH-])C1(NNN)C2=C(C=CI=C2)c2ccccc21. The van der Waals surface area contributed by atoms with Crippen molar-refractivity contribution in [2.45, 2.75) is 5.66 Å². The summed E-state index contributed by atoms with van der Waals surface area (Å²) in [6.45, 7) is 0. The molecule has 0 saturated heterocycles. The number of benzene rings is 1. The van der Waals surface area contributed by atoms with E-state index in [0.717, 1.165) is 22.3 Å². The van der Waals surface area contributed by atoms with Gasteiger partial charge in [-0.15, -0.1) is 5.84 Å². The van der Waals surface area contributed by atoms with Gasteiger partial charge in [-0.1, -0.05) is 45.0 Å². The fraction of sp³-hybridized carbons (Fsp3) is 0.0833. The Morgan fingerprint density at radius 1 is 1.24 bits per heavy atom. The zero-order valence-electron chi connectivity index (χ0n) is 11.1. The molecule has 10 N–H and O–H groups in total. The number of hydrogen-bond acceptors (Lipinski definition) is 4. The molecule has 1 aromatic carbocycles. The molecule has 112 valence electrons. The lowest BCUT2D eigenvalue weighted by molar-refractivity contribution is -1.49. The highest BCUT2D eigenvalue weighted by Crippen LogP contribution is 2.43. The topological polar surface area (TPSA) is 133 Å². The van der Waals surface area contributed by atoms with E-state index >= 15 is 0 Å². The third kappa shape index (κ3) is 2.11. The number of halogens is 1. The average Bonchev–Trinajstić information content (AvgIpc) is 2.79. The van der Waals surface area contributed by atoms with E-state index < -0.39 is 5.66 Å². The van der Waals surface area contributed by atoms with Crippen molar-refractivity contribution in [1.29, 1.82) is 0 Å². The standard InChI is InChI=1S/C12H17IN8/c14-19-18-12(20(15)21(16)17)10-4-2-1-3-8(10)9-5-6-13-7-11(9)12/h1-7,15-16,18-21H,14,17H2. The fourth-order valence-corrected chi connectivity index (χ4v) is 4.77. The summed E-state index contributed by atoms with van der Waals surface area (Å²) < 4.78 is 4.33. The van der Waals surface area contributed by atoms with Gasteiger partial charge in [0.2, 0.25) is 0 Å². The van der Waals surface area contributed by atoms with Gasteiger partial charge in [0.15, 0.2) is 0 Å². The van der Waals surface area contributed by atoms with Gasteiger partial charge in [0, 0.05) is 5.56 Å². The van der Waals surface area contributed by atoms with Crippen LogP contribution in [0.4, 0.5) is 0 Å². The summed E-state index contributed by atoms with van der Waals surface area (Å²) >= 11 is -0.219. The second-order valence-electron chi connectivity index (χ2n) is 4.71. The smallest absolute Gasteiger partial charge is 0.253 e. The Hall–Kier alpha value is -1.02. The van der Waals surface area contributed by atoms with E-state index in [1.165, 1.54) is 0 Å². The van der Waals surface area contributed by atoms with Crippen LogP contribution in [0.5, 0.6) is 0 Å². The number of nitrogens with two attached hydrogens (primary N) is 2.